The molecule has 0 aliphatic carbocycles. The molecule has 4 nitrogen and oxygen atoms in total. The van der Waals surface area contributed by atoms with Gasteiger partial charge in [-0.05, 0) is 30.5 Å². The number of carbonyl (C=O) groups is 1. The smallest absolute Gasteiger partial charge is 0.343 e. The number of allylic oxidation sites excluding steroid dienone is 4. The summed E-state index contributed by atoms with van der Waals surface area (Å²) in [4.78, 5) is 15.8. The van der Waals surface area contributed by atoms with Gasteiger partial charge in [-0.15, -0.1) is 0 Å². The molecule has 4 heteroatoms. The second-order valence-corrected chi connectivity index (χ2v) is 3.84. The van der Waals surface area contributed by atoms with E-state index in [0.717, 1.165) is 17.6 Å². The summed E-state index contributed by atoms with van der Waals surface area (Å²) < 4.78 is 9.81. The fourth-order valence-electron chi connectivity index (χ4n) is 1.68. The van der Waals surface area contributed by atoms with E-state index < -0.39 is 5.97 Å². The summed E-state index contributed by atoms with van der Waals surface area (Å²) in [7, 11) is 2.82. The SMILES string of the molecule is C/C=C\C=C(/CC)c1cnc(OC)c(C(=O)OC)c1. The maximum atomic E-state index is 11.7. The van der Waals surface area contributed by atoms with E-state index in [-0.39, 0.29) is 5.88 Å². The van der Waals surface area contributed by atoms with Crippen molar-refractivity contribution < 1.29 is 14.3 Å². The Bertz CT molecular complexity index is 504. The first kappa shape index (κ1) is 15.0. The van der Waals surface area contributed by atoms with E-state index in [1.807, 2.05) is 25.2 Å². The highest BCUT2D eigenvalue weighted by Crippen LogP contribution is 2.23. The Morgan fingerprint density at radius 3 is 2.68 bits per heavy atom. The third-order valence-electron chi connectivity index (χ3n) is 2.69. The molecule has 1 aromatic rings. The molecule has 0 spiro atoms. The minimum absolute atomic E-state index is 0.275. The molecule has 102 valence electrons. The van der Waals surface area contributed by atoms with Crippen LogP contribution in [-0.2, 0) is 4.74 Å². The minimum atomic E-state index is -0.451. The number of rotatable bonds is 5. The van der Waals surface area contributed by atoms with E-state index in [0.29, 0.717) is 5.56 Å². The highest BCUT2D eigenvalue weighted by Gasteiger charge is 2.15. The molecule has 0 bridgehead atoms. The van der Waals surface area contributed by atoms with E-state index in [1.165, 1.54) is 14.2 Å². The highest BCUT2D eigenvalue weighted by atomic mass is 16.5. The highest BCUT2D eigenvalue weighted by molar-refractivity contribution is 5.92. The normalized spacial score (nSPS) is 11.7. The predicted octanol–water partition coefficient (Wildman–Crippen LogP) is 3.25. The van der Waals surface area contributed by atoms with Crippen LogP contribution in [0.2, 0.25) is 0 Å². The third-order valence-corrected chi connectivity index (χ3v) is 2.69. The molecule has 0 aliphatic heterocycles. The number of pyridine rings is 1. The number of esters is 1. The number of methoxy groups -OCH3 is 2. The van der Waals surface area contributed by atoms with Gasteiger partial charge in [0.15, 0.2) is 0 Å². The number of nitrogens with zero attached hydrogens (tertiary/aromatic N) is 1. The number of carbonyl (C=O) groups excluding carboxylic acids is 1. The molecular formula is C15H19NO3. The molecule has 0 aliphatic rings. The van der Waals surface area contributed by atoms with Crippen molar-refractivity contribution in [2.24, 2.45) is 0 Å². The predicted molar refractivity (Wildman–Crippen MR) is 75.2 cm³/mol. The Morgan fingerprint density at radius 1 is 1.42 bits per heavy atom. The van der Waals surface area contributed by atoms with Crippen LogP contribution in [0.25, 0.3) is 5.57 Å². The van der Waals surface area contributed by atoms with Gasteiger partial charge in [-0.1, -0.05) is 25.2 Å². The van der Waals surface area contributed by atoms with Gasteiger partial charge in [0.1, 0.15) is 5.56 Å². The van der Waals surface area contributed by atoms with E-state index >= 15 is 0 Å². The minimum Gasteiger partial charge on any atom is -0.480 e. The van der Waals surface area contributed by atoms with Crippen molar-refractivity contribution in [3.63, 3.8) is 0 Å². The maximum absolute atomic E-state index is 11.7. The summed E-state index contributed by atoms with van der Waals surface area (Å²) in [6, 6.07) is 1.75. The number of aromatic nitrogens is 1. The second-order valence-electron chi connectivity index (χ2n) is 3.84. The van der Waals surface area contributed by atoms with Crippen molar-refractivity contribution in [2.75, 3.05) is 14.2 Å². The zero-order chi connectivity index (χ0) is 14.3. The van der Waals surface area contributed by atoms with Gasteiger partial charge in [0.2, 0.25) is 5.88 Å². The van der Waals surface area contributed by atoms with Crippen LogP contribution in [0.15, 0.2) is 30.5 Å². The van der Waals surface area contributed by atoms with Crippen LogP contribution in [0.5, 0.6) is 5.88 Å². The lowest BCUT2D eigenvalue weighted by Gasteiger charge is -2.09. The zero-order valence-electron chi connectivity index (χ0n) is 11.8. The topological polar surface area (TPSA) is 48.4 Å². The molecule has 0 N–H and O–H groups in total. The average molecular weight is 261 g/mol. The van der Waals surface area contributed by atoms with Crippen molar-refractivity contribution in [1.29, 1.82) is 0 Å². The van der Waals surface area contributed by atoms with E-state index in [9.17, 15) is 4.79 Å². The molecule has 1 rings (SSSR count). The lowest BCUT2D eigenvalue weighted by Crippen LogP contribution is -2.06. The summed E-state index contributed by atoms with van der Waals surface area (Å²) in [5, 5.41) is 0. The zero-order valence-corrected chi connectivity index (χ0v) is 11.8. The van der Waals surface area contributed by atoms with Gasteiger partial charge < -0.3 is 9.47 Å². The summed E-state index contributed by atoms with van der Waals surface area (Å²) in [6.07, 6.45) is 8.46. The molecule has 1 aromatic heterocycles. The van der Waals surface area contributed by atoms with Crippen LogP contribution >= 0.6 is 0 Å². The summed E-state index contributed by atoms with van der Waals surface area (Å²) in [5.74, 6) is -0.176. The van der Waals surface area contributed by atoms with E-state index in [2.05, 4.69) is 11.9 Å². The van der Waals surface area contributed by atoms with Gasteiger partial charge in [0, 0.05) is 6.20 Å². The Hall–Kier alpha value is -2.10. The van der Waals surface area contributed by atoms with Crippen molar-refractivity contribution in [1.82, 2.24) is 4.98 Å². The van der Waals surface area contributed by atoms with Crippen LogP contribution in [0.3, 0.4) is 0 Å². The molecule has 0 saturated carbocycles. The Labute approximate surface area is 113 Å². The fourth-order valence-corrected chi connectivity index (χ4v) is 1.68. The van der Waals surface area contributed by atoms with Gasteiger partial charge in [-0.3, -0.25) is 0 Å². The largest absolute Gasteiger partial charge is 0.480 e. The van der Waals surface area contributed by atoms with Crippen molar-refractivity contribution in [3.05, 3.63) is 41.6 Å². The van der Waals surface area contributed by atoms with Crippen LogP contribution in [0.1, 0.15) is 36.2 Å². The molecule has 19 heavy (non-hydrogen) atoms. The number of hydrogen-bond donors (Lipinski definition) is 0. The summed E-state index contributed by atoms with van der Waals surface area (Å²) >= 11 is 0. The van der Waals surface area contributed by atoms with Crippen molar-refractivity contribution in [3.8, 4) is 5.88 Å². The van der Waals surface area contributed by atoms with Gasteiger partial charge >= 0.3 is 5.97 Å². The molecule has 0 amide bonds. The summed E-state index contributed by atoms with van der Waals surface area (Å²) in [5.41, 5.74) is 2.32. The van der Waals surface area contributed by atoms with Gasteiger partial charge in [0.05, 0.1) is 14.2 Å². The fraction of sp³-hybridized carbons (Fsp3) is 0.333. The monoisotopic (exact) mass is 261 g/mol. The van der Waals surface area contributed by atoms with Gasteiger partial charge in [0.25, 0.3) is 0 Å². The quantitative estimate of drug-likeness (QED) is 0.603. The molecule has 0 atom stereocenters. The third kappa shape index (κ3) is 3.68. The molecule has 0 radical (unpaired) electrons. The standard InChI is InChI=1S/C15H19NO3/c1-5-7-8-11(6-2)12-9-13(15(17)19-4)14(18-3)16-10-12/h5,7-10H,6H2,1-4H3/b7-5-,11-8+. The van der Waals surface area contributed by atoms with Gasteiger partial charge in [-0.25, -0.2) is 9.78 Å². The van der Waals surface area contributed by atoms with E-state index in [1.54, 1.807) is 12.3 Å². The first-order valence-electron chi connectivity index (χ1n) is 6.12. The van der Waals surface area contributed by atoms with Crippen LogP contribution < -0.4 is 4.74 Å². The Kier molecular flexibility index (Phi) is 5.79. The number of ether oxygens (including phenoxy) is 2. The molecule has 0 unspecified atom stereocenters. The van der Waals surface area contributed by atoms with Crippen molar-refractivity contribution in [2.45, 2.75) is 20.3 Å². The first-order chi connectivity index (χ1) is 9.17. The lowest BCUT2D eigenvalue weighted by molar-refractivity contribution is 0.0596. The van der Waals surface area contributed by atoms with Crippen LogP contribution in [0.4, 0.5) is 0 Å². The second kappa shape index (κ2) is 7.36. The molecule has 1 heterocycles. The number of hydrogen-bond acceptors (Lipinski definition) is 4. The average Bonchev–Trinajstić information content (AvgIpc) is 2.47. The van der Waals surface area contributed by atoms with Crippen LogP contribution in [0, 0.1) is 0 Å². The molecular weight excluding hydrogens is 242 g/mol. The Balaban J connectivity index is 3.27. The van der Waals surface area contributed by atoms with Crippen molar-refractivity contribution >= 4 is 11.5 Å². The first-order valence-corrected chi connectivity index (χ1v) is 6.12. The molecule has 0 fully saturated rings. The lowest BCUT2D eigenvalue weighted by atomic mass is 10.0. The molecule has 0 saturated heterocycles. The molecule has 0 aromatic carbocycles. The van der Waals surface area contributed by atoms with E-state index in [4.69, 9.17) is 9.47 Å². The summed E-state index contributed by atoms with van der Waals surface area (Å²) in [6.45, 7) is 4.01. The van der Waals surface area contributed by atoms with Gasteiger partial charge in [-0.2, -0.15) is 0 Å². The maximum Gasteiger partial charge on any atom is 0.343 e. The Morgan fingerprint density at radius 2 is 2.16 bits per heavy atom. The van der Waals surface area contributed by atoms with Crippen LogP contribution in [-0.4, -0.2) is 25.2 Å².